The van der Waals surface area contributed by atoms with Crippen LogP contribution in [0.1, 0.15) is 22.9 Å². The fraction of sp³-hybridized carbons (Fsp3) is 0.286. The van der Waals surface area contributed by atoms with Crippen LogP contribution in [-0.2, 0) is 6.54 Å². The predicted octanol–water partition coefficient (Wildman–Crippen LogP) is 2.57. The molecule has 4 heteroatoms. The second kappa shape index (κ2) is 5.31. The summed E-state index contributed by atoms with van der Waals surface area (Å²) in [4.78, 5) is 0.508. The zero-order chi connectivity index (χ0) is 13.1. The Balaban J connectivity index is 2.28. The highest BCUT2D eigenvalue weighted by Gasteiger charge is 2.16. The van der Waals surface area contributed by atoms with E-state index in [-0.39, 0.29) is 5.92 Å². The SMILES string of the molecule is Cc1cc(C)n(CC(C(N)=S)c2ccccc2)n1. The molecule has 0 fully saturated rings. The molecule has 1 heterocycles. The minimum absolute atomic E-state index is 0.0270. The molecule has 18 heavy (non-hydrogen) atoms. The van der Waals surface area contributed by atoms with Crippen molar-refractivity contribution in [2.75, 3.05) is 0 Å². The van der Waals surface area contributed by atoms with Crippen molar-refractivity contribution in [3.63, 3.8) is 0 Å². The van der Waals surface area contributed by atoms with E-state index in [9.17, 15) is 0 Å². The van der Waals surface area contributed by atoms with Crippen LogP contribution in [0.5, 0.6) is 0 Å². The molecule has 0 amide bonds. The molecule has 0 aliphatic rings. The summed E-state index contributed by atoms with van der Waals surface area (Å²) in [5.74, 6) is 0.0270. The zero-order valence-electron chi connectivity index (χ0n) is 10.6. The third kappa shape index (κ3) is 2.76. The Kier molecular flexibility index (Phi) is 3.77. The Hall–Kier alpha value is -1.68. The van der Waals surface area contributed by atoms with Crippen LogP contribution in [0, 0.1) is 13.8 Å². The van der Waals surface area contributed by atoms with E-state index >= 15 is 0 Å². The van der Waals surface area contributed by atoms with E-state index in [1.54, 1.807) is 0 Å². The van der Waals surface area contributed by atoms with Crippen LogP contribution >= 0.6 is 12.2 Å². The molecular formula is C14H17N3S. The largest absolute Gasteiger partial charge is 0.393 e. The van der Waals surface area contributed by atoms with Crippen LogP contribution in [0.4, 0.5) is 0 Å². The van der Waals surface area contributed by atoms with Crippen molar-refractivity contribution in [3.8, 4) is 0 Å². The predicted molar refractivity (Wildman–Crippen MR) is 77.7 cm³/mol. The lowest BCUT2D eigenvalue weighted by Gasteiger charge is -2.17. The maximum atomic E-state index is 5.86. The van der Waals surface area contributed by atoms with Gasteiger partial charge in [0.15, 0.2) is 0 Å². The maximum absolute atomic E-state index is 5.86. The van der Waals surface area contributed by atoms with Crippen LogP contribution in [0.15, 0.2) is 36.4 Å². The lowest BCUT2D eigenvalue weighted by Crippen LogP contribution is -2.24. The Bertz CT molecular complexity index is 545. The van der Waals surface area contributed by atoms with E-state index in [0.717, 1.165) is 17.0 Å². The van der Waals surface area contributed by atoms with E-state index in [4.69, 9.17) is 18.0 Å². The minimum atomic E-state index is 0.0270. The molecule has 1 unspecified atom stereocenters. The highest BCUT2D eigenvalue weighted by Crippen LogP contribution is 2.19. The number of hydrogen-bond acceptors (Lipinski definition) is 2. The van der Waals surface area contributed by atoms with Gasteiger partial charge in [-0.05, 0) is 25.5 Å². The molecule has 1 aromatic heterocycles. The first-order valence-corrected chi connectivity index (χ1v) is 6.34. The van der Waals surface area contributed by atoms with Crippen molar-refractivity contribution >= 4 is 17.2 Å². The van der Waals surface area contributed by atoms with Gasteiger partial charge in [-0.1, -0.05) is 42.5 Å². The highest BCUT2D eigenvalue weighted by atomic mass is 32.1. The highest BCUT2D eigenvalue weighted by molar-refractivity contribution is 7.80. The Labute approximate surface area is 113 Å². The van der Waals surface area contributed by atoms with E-state index in [1.165, 1.54) is 0 Å². The maximum Gasteiger partial charge on any atom is 0.0822 e. The standard InChI is InChI=1S/C14H17N3S/c1-10-8-11(2)17(16-10)9-13(14(15)18)12-6-4-3-5-7-12/h3-8,13H,9H2,1-2H3,(H2,15,18). The molecule has 0 saturated carbocycles. The molecule has 0 aliphatic heterocycles. The molecule has 0 saturated heterocycles. The van der Waals surface area contributed by atoms with Gasteiger partial charge in [-0.15, -0.1) is 0 Å². The van der Waals surface area contributed by atoms with Gasteiger partial charge in [-0.3, -0.25) is 4.68 Å². The Morgan fingerprint density at radius 3 is 2.50 bits per heavy atom. The van der Waals surface area contributed by atoms with Gasteiger partial charge in [-0.2, -0.15) is 5.10 Å². The van der Waals surface area contributed by atoms with Crippen molar-refractivity contribution in [3.05, 3.63) is 53.3 Å². The number of nitrogens with two attached hydrogens (primary N) is 1. The molecule has 0 bridgehead atoms. The third-order valence-corrected chi connectivity index (χ3v) is 3.29. The summed E-state index contributed by atoms with van der Waals surface area (Å²) in [6.07, 6.45) is 0. The lowest BCUT2D eigenvalue weighted by molar-refractivity contribution is 0.571. The smallest absolute Gasteiger partial charge is 0.0822 e. The minimum Gasteiger partial charge on any atom is -0.393 e. The van der Waals surface area contributed by atoms with Crippen molar-refractivity contribution in [1.29, 1.82) is 0 Å². The summed E-state index contributed by atoms with van der Waals surface area (Å²) in [7, 11) is 0. The molecular weight excluding hydrogens is 242 g/mol. The molecule has 3 nitrogen and oxygen atoms in total. The quantitative estimate of drug-likeness (QED) is 0.858. The first kappa shape index (κ1) is 12.8. The van der Waals surface area contributed by atoms with E-state index in [0.29, 0.717) is 11.5 Å². The summed E-state index contributed by atoms with van der Waals surface area (Å²) in [5, 5.41) is 4.46. The number of thiocarbonyl (C=S) groups is 1. The summed E-state index contributed by atoms with van der Waals surface area (Å²) < 4.78 is 1.96. The third-order valence-electron chi connectivity index (χ3n) is 3.00. The van der Waals surface area contributed by atoms with Gasteiger partial charge < -0.3 is 5.73 Å². The summed E-state index contributed by atoms with van der Waals surface area (Å²) in [6.45, 7) is 4.72. The molecule has 0 spiro atoms. The van der Waals surface area contributed by atoms with E-state index < -0.39 is 0 Å². The average molecular weight is 259 g/mol. The van der Waals surface area contributed by atoms with Crippen molar-refractivity contribution < 1.29 is 0 Å². The van der Waals surface area contributed by atoms with Crippen molar-refractivity contribution in [2.45, 2.75) is 26.3 Å². The van der Waals surface area contributed by atoms with Crippen molar-refractivity contribution in [2.24, 2.45) is 5.73 Å². The van der Waals surface area contributed by atoms with Gasteiger partial charge in [0.25, 0.3) is 0 Å². The number of aryl methyl sites for hydroxylation is 2. The van der Waals surface area contributed by atoms with Gasteiger partial charge in [0.2, 0.25) is 0 Å². The lowest BCUT2D eigenvalue weighted by atomic mass is 9.99. The first-order chi connectivity index (χ1) is 8.58. The molecule has 0 aliphatic carbocycles. The summed E-state index contributed by atoms with van der Waals surface area (Å²) >= 11 is 5.18. The van der Waals surface area contributed by atoms with Crippen LogP contribution in [-0.4, -0.2) is 14.8 Å². The number of hydrogen-bond donors (Lipinski definition) is 1. The van der Waals surface area contributed by atoms with Crippen LogP contribution in [0.25, 0.3) is 0 Å². The average Bonchev–Trinajstić information content (AvgIpc) is 2.65. The molecule has 0 radical (unpaired) electrons. The second-order valence-electron chi connectivity index (χ2n) is 4.47. The fourth-order valence-electron chi connectivity index (χ4n) is 2.08. The van der Waals surface area contributed by atoms with Gasteiger partial charge in [0.1, 0.15) is 0 Å². The van der Waals surface area contributed by atoms with E-state index in [1.807, 2.05) is 36.7 Å². The van der Waals surface area contributed by atoms with Gasteiger partial charge >= 0.3 is 0 Å². The number of rotatable bonds is 4. The van der Waals surface area contributed by atoms with Gasteiger partial charge in [-0.25, -0.2) is 0 Å². The normalized spacial score (nSPS) is 12.3. The number of aromatic nitrogens is 2. The fourth-order valence-corrected chi connectivity index (χ4v) is 2.29. The first-order valence-electron chi connectivity index (χ1n) is 5.93. The van der Waals surface area contributed by atoms with E-state index in [2.05, 4.69) is 23.3 Å². The van der Waals surface area contributed by atoms with Gasteiger partial charge in [0, 0.05) is 5.69 Å². The van der Waals surface area contributed by atoms with Crippen LogP contribution in [0.3, 0.4) is 0 Å². The molecule has 94 valence electrons. The molecule has 2 N–H and O–H groups in total. The Morgan fingerprint density at radius 1 is 1.33 bits per heavy atom. The topological polar surface area (TPSA) is 43.8 Å². The monoisotopic (exact) mass is 259 g/mol. The molecule has 2 rings (SSSR count). The molecule has 1 atom stereocenters. The number of nitrogens with zero attached hydrogens (tertiary/aromatic N) is 2. The Morgan fingerprint density at radius 2 is 2.00 bits per heavy atom. The summed E-state index contributed by atoms with van der Waals surface area (Å²) in [6, 6.07) is 12.2. The molecule has 2 aromatic rings. The van der Waals surface area contributed by atoms with Crippen LogP contribution in [0.2, 0.25) is 0 Å². The second-order valence-corrected chi connectivity index (χ2v) is 4.95. The number of benzene rings is 1. The summed E-state index contributed by atoms with van der Waals surface area (Å²) in [5.41, 5.74) is 9.15. The van der Waals surface area contributed by atoms with Crippen LogP contribution < -0.4 is 5.73 Å². The van der Waals surface area contributed by atoms with Crippen molar-refractivity contribution in [1.82, 2.24) is 9.78 Å². The zero-order valence-corrected chi connectivity index (χ0v) is 11.4. The van der Waals surface area contributed by atoms with Gasteiger partial charge in [0.05, 0.1) is 23.1 Å². The molecule has 1 aromatic carbocycles.